The Balaban J connectivity index is 1.24. The highest BCUT2D eigenvalue weighted by atomic mass is 32.2. The molecule has 0 bridgehead atoms. The molecule has 3 N–H and O–H groups in total. The number of ether oxygens (including phenoxy) is 1. The molecule has 0 aliphatic rings. The number of carbonyl (C=O) groups is 2. The molecule has 0 aliphatic heterocycles. The number of H-pyrrole nitrogens is 1. The zero-order chi connectivity index (χ0) is 27.6. The summed E-state index contributed by atoms with van der Waals surface area (Å²) in [7, 11) is -3.91. The number of esters is 1. The average Bonchev–Trinajstić information content (AvgIpc) is 3.54. The molecule has 1 unspecified atom stereocenters. The highest BCUT2D eigenvalue weighted by molar-refractivity contribution is 7.92. The van der Waals surface area contributed by atoms with Crippen LogP contribution in [0.3, 0.4) is 0 Å². The van der Waals surface area contributed by atoms with E-state index in [0.717, 1.165) is 11.0 Å². The third-order valence-electron chi connectivity index (χ3n) is 5.74. The molecule has 5 rings (SSSR count). The van der Waals surface area contributed by atoms with Crippen LogP contribution in [0.15, 0.2) is 88.3 Å². The van der Waals surface area contributed by atoms with E-state index in [1.54, 1.807) is 31.2 Å². The fourth-order valence-corrected chi connectivity index (χ4v) is 4.78. The van der Waals surface area contributed by atoms with Crippen LogP contribution in [0.25, 0.3) is 22.4 Å². The van der Waals surface area contributed by atoms with Crippen molar-refractivity contribution in [1.29, 1.82) is 0 Å². The number of fused-ring (bicyclic) bond motifs is 1. The van der Waals surface area contributed by atoms with E-state index in [0.29, 0.717) is 22.8 Å². The Morgan fingerprint density at radius 2 is 1.72 bits per heavy atom. The van der Waals surface area contributed by atoms with Crippen molar-refractivity contribution < 1.29 is 27.3 Å². The van der Waals surface area contributed by atoms with E-state index in [2.05, 4.69) is 25.2 Å². The van der Waals surface area contributed by atoms with Crippen molar-refractivity contribution in [1.82, 2.24) is 15.1 Å². The Morgan fingerprint density at radius 3 is 2.44 bits per heavy atom. The van der Waals surface area contributed by atoms with Crippen molar-refractivity contribution in [3.05, 3.63) is 90.2 Å². The molecule has 0 saturated carbocycles. The number of benzene rings is 3. The molecule has 0 radical (unpaired) electrons. The zero-order valence-corrected chi connectivity index (χ0v) is 21.7. The number of amides is 1. The number of hydrogen-bond acceptors (Lipinski definition) is 8. The number of hydrogen-bond donors (Lipinski definition) is 3. The van der Waals surface area contributed by atoms with Gasteiger partial charge in [0.25, 0.3) is 15.9 Å². The molecule has 0 saturated heterocycles. The van der Waals surface area contributed by atoms with Crippen LogP contribution in [0.2, 0.25) is 0 Å². The summed E-state index contributed by atoms with van der Waals surface area (Å²) in [5.41, 5.74) is 2.69. The molecule has 0 fully saturated rings. The molecule has 3 aromatic carbocycles. The van der Waals surface area contributed by atoms with Gasteiger partial charge in [0, 0.05) is 17.3 Å². The van der Waals surface area contributed by atoms with E-state index in [1.165, 1.54) is 37.3 Å². The zero-order valence-electron chi connectivity index (χ0n) is 20.8. The van der Waals surface area contributed by atoms with E-state index in [1.807, 2.05) is 24.3 Å². The maximum absolute atomic E-state index is 13.0. The lowest BCUT2D eigenvalue weighted by Gasteiger charge is -2.15. The first kappa shape index (κ1) is 25.7. The van der Waals surface area contributed by atoms with Gasteiger partial charge >= 0.3 is 5.97 Å². The lowest BCUT2D eigenvalue weighted by atomic mass is 10.1. The molecule has 2 heterocycles. The summed E-state index contributed by atoms with van der Waals surface area (Å²) in [6.45, 7) is 3.08. The summed E-state index contributed by atoms with van der Waals surface area (Å²) in [6, 6.07) is 21.3. The Morgan fingerprint density at radius 1 is 1.00 bits per heavy atom. The molecule has 0 aliphatic carbocycles. The quantitative estimate of drug-likeness (QED) is 0.240. The van der Waals surface area contributed by atoms with Crippen molar-refractivity contribution in [2.24, 2.45) is 0 Å². The number of aromatic amines is 1. The number of imidazole rings is 1. The summed E-state index contributed by atoms with van der Waals surface area (Å²) in [5, 5.41) is 6.23. The van der Waals surface area contributed by atoms with Crippen molar-refractivity contribution >= 4 is 44.4 Å². The molecule has 11 nitrogen and oxygen atoms in total. The van der Waals surface area contributed by atoms with Gasteiger partial charge in [0.05, 0.1) is 21.5 Å². The highest BCUT2D eigenvalue weighted by Gasteiger charge is 2.23. The van der Waals surface area contributed by atoms with Crippen LogP contribution in [-0.2, 0) is 19.6 Å². The summed E-state index contributed by atoms with van der Waals surface area (Å²) < 4.78 is 37.7. The molecule has 39 heavy (non-hydrogen) atoms. The third kappa shape index (κ3) is 5.65. The smallest absolute Gasteiger partial charge is 0.339 e. The maximum Gasteiger partial charge on any atom is 0.339 e. The van der Waals surface area contributed by atoms with Gasteiger partial charge in [-0.15, -0.1) is 0 Å². The van der Waals surface area contributed by atoms with Gasteiger partial charge in [-0.1, -0.05) is 35.5 Å². The molecule has 1 amide bonds. The van der Waals surface area contributed by atoms with Crippen LogP contribution in [0.5, 0.6) is 0 Å². The van der Waals surface area contributed by atoms with E-state index in [4.69, 9.17) is 9.26 Å². The van der Waals surface area contributed by atoms with Crippen LogP contribution in [0, 0.1) is 6.92 Å². The van der Waals surface area contributed by atoms with Gasteiger partial charge in [0.2, 0.25) is 0 Å². The van der Waals surface area contributed by atoms with E-state index >= 15 is 0 Å². The molecule has 0 spiro atoms. The third-order valence-corrected chi connectivity index (χ3v) is 7.11. The van der Waals surface area contributed by atoms with E-state index < -0.39 is 28.0 Å². The van der Waals surface area contributed by atoms with E-state index in [9.17, 15) is 18.0 Å². The Kier molecular flexibility index (Phi) is 6.86. The van der Waals surface area contributed by atoms with E-state index in [-0.39, 0.29) is 16.3 Å². The van der Waals surface area contributed by atoms with Crippen LogP contribution in [0.4, 0.5) is 11.5 Å². The molecule has 1 atom stereocenters. The minimum Gasteiger partial charge on any atom is -0.449 e. The number of anilines is 2. The molecule has 198 valence electrons. The van der Waals surface area contributed by atoms with Gasteiger partial charge in [-0.2, -0.15) is 0 Å². The topological polar surface area (TPSA) is 156 Å². The number of nitrogens with one attached hydrogen (secondary N) is 3. The molecule has 2 aromatic heterocycles. The Bertz CT molecular complexity index is 1740. The number of carbonyl (C=O) groups excluding carboxylic acids is 2. The average molecular weight is 546 g/mol. The lowest BCUT2D eigenvalue weighted by Crippen LogP contribution is -2.30. The van der Waals surface area contributed by atoms with Gasteiger partial charge in [-0.3, -0.25) is 9.52 Å². The fraction of sp³-hybridized carbons (Fsp3) is 0.111. The predicted molar refractivity (Wildman–Crippen MR) is 144 cm³/mol. The number of sulfonamides is 1. The fourth-order valence-electron chi connectivity index (χ4n) is 3.80. The van der Waals surface area contributed by atoms with Gasteiger partial charge < -0.3 is 19.6 Å². The first-order valence-corrected chi connectivity index (χ1v) is 13.3. The predicted octanol–water partition coefficient (Wildman–Crippen LogP) is 4.51. The van der Waals surface area contributed by atoms with Crippen LogP contribution < -0.4 is 10.0 Å². The van der Waals surface area contributed by atoms with Gasteiger partial charge in [0.15, 0.2) is 11.9 Å². The van der Waals surface area contributed by atoms with Crippen molar-refractivity contribution in [3.63, 3.8) is 0 Å². The molecule has 12 heteroatoms. The van der Waals surface area contributed by atoms with Crippen LogP contribution >= 0.6 is 0 Å². The second kappa shape index (κ2) is 10.4. The molecule has 5 aromatic rings. The van der Waals surface area contributed by atoms with Gasteiger partial charge in [0.1, 0.15) is 11.6 Å². The minimum absolute atomic E-state index is 0.0391. The highest BCUT2D eigenvalue weighted by Crippen LogP contribution is 2.25. The summed E-state index contributed by atoms with van der Waals surface area (Å²) in [6.07, 6.45) is -1.14. The first-order chi connectivity index (χ1) is 18.7. The van der Waals surface area contributed by atoms with Crippen molar-refractivity contribution in [2.75, 3.05) is 10.0 Å². The second-order valence-electron chi connectivity index (χ2n) is 8.64. The summed E-state index contributed by atoms with van der Waals surface area (Å²) in [5.74, 6) is -0.259. The molecular weight excluding hydrogens is 522 g/mol. The second-order valence-corrected chi connectivity index (χ2v) is 10.3. The summed E-state index contributed by atoms with van der Waals surface area (Å²) in [4.78, 5) is 33.4. The number of aryl methyl sites for hydroxylation is 1. The Hall–Kier alpha value is -4.97. The standard InChI is InChI=1S/C27H23N5O6S/c1-16-15-24(31-38-16)32-39(35,36)19-13-11-18(12-14-19)28-26(33)17(2)37-27(34)21-8-4-3-7-20(21)25-29-22-9-5-6-10-23(22)30-25/h3-15,17H,1-2H3,(H,28,33)(H,29,30)(H,31,32). The molecular formula is C27H23N5O6S. The SMILES string of the molecule is Cc1cc(NS(=O)(=O)c2ccc(NC(=O)C(C)OC(=O)c3ccccc3-c3nc4ccccc4[nH]3)cc2)no1. The largest absolute Gasteiger partial charge is 0.449 e. The van der Waals surface area contributed by atoms with Crippen LogP contribution in [0.1, 0.15) is 23.0 Å². The minimum atomic E-state index is -3.91. The van der Waals surface area contributed by atoms with Crippen molar-refractivity contribution in [3.8, 4) is 11.4 Å². The maximum atomic E-state index is 13.0. The van der Waals surface area contributed by atoms with Gasteiger partial charge in [-0.05, 0) is 56.3 Å². The van der Waals surface area contributed by atoms with Crippen molar-refractivity contribution in [2.45, 2.75) is 24.8 Å². The normalized spacial score (nSPS) is 12.2. The Labute approximate surface area is 223 Å². The number of nitrogens with zero attached hydrogens (tertiary/aromatic N) is 2. The first-order valence-electron chi connectivity index (χ1n) is 11.8. The summed E-state index contributed by atoms with van der Waals surface area (Å²) >= 11 is 0. The monoisotopic (exact) mass is 545 g/mol. The van der Waals surface area contributed by atoms with Crippen LogP contribution in [-0.4, -0.2) is 41.5 Å². The lowest BCUT2D eigenvalue weighted by molar-refractivity contribution is -0.123. The van der Waals surface area contributed by atoms with Gasteiger partial charge in [-0.25, -0.2) is 18.2 Å². The number of rotatable bonds is 8. The number of aromatic nitrogens is 3. The number of para-hydroxylation sites is 2.